The maximum Gasteiger partial charge on any atom is 0.315 e. The van der Waals surface area contributed by atoms with Crippen molar-refractivity contribution in [3.8, 4) is 0 Å². The van der Waals surface area contributed by atoms with E-state index in [1.807, 2.05) is 49.4 Å². The molecule has 4 amide bonds. The molecule has 3 rings (SSSR count). The van der Waals surface area contributed by atoms with E-state index in [9.17, 15) is 14.4 Å². The van der Waals surface area contributed by atoms with E-state index in [0.29, 0.717) is 38.0 Å². The Balaban J connectivity index is 1.34. The number of piperidine rings is 1. The van der Waals surface area contributed by atoms with Gasteiger partial charge in [0.1, 0.15) is 0 Å². The minimum absolute atomic E-state index is 0.0409. The van der Waals surface area contributed by atoms with Gasteiger partial charge >= 0.3 is 6.03 Å². The van der Waals surface area contributed by atoms with Crippen LogP contribution in [0.5, 0.6) is 0 Å². The maximum absolute atomic E-state index is 12.4. The van der Waals surface area contributed by atoms with Gasteiger partial charge in [0, 0.05) is 31.2 Å². The molecule has 0 unspecified atom stereocenters. The van der Waals surface area contributed by atoms with E-state index < -0.39 is 0 Å². The van der Waals surface area contributed by atoms with Crippen LogP contribution in [-0.4, -0.2) is 48.4 Å². The zero-order valence-electron chi connectivity index (χ0n) is 17.2. The van der Waals surface area contributed by atoms with Crippen LogP contribution in [-0.2, 0) is 11.3 Å². The molecule has 0 aliphatic carbocycles. The molecule has 0 radical (unpaired) electrons. The first-order valence-corrected chi connectivity index (χ1v) is 10.2. The van der Waals surface area contributed by atoms with Crippen molar-refractivity contribution in [2.75, 3.05) is 19.6 Å². The molecule has 7 heteroatoms. The third kappa shape index (κ3) is 6.34. The first-order valence-electron chi connectivity index (χ1n) is 10.2. The number of hydrogen-bond acceptors (Lipinski definition) is 3. The number of rotatable bonds is 6. The number of urea groups is 1. The molecule has 0 bridgehead atoms. The van der Waals surface area contributed by atoms with Crippen molar-refractivity contribution >= 4 is 17.8 Å². The van der Waals surface area contributed by atoms with E-state index in [1.165, 1.54) is 0 Å². The minimum Gasteiger partial charge on any atom is -0.349 e. The lowest BCUT2D eigenvalue weighted by atomic mass is 10.0. The van der Waals surface area contributed by atoms with Gasteiger partial charge < -0.3 is 20.9 Å². The molecule has 1 fully saturated rings. The predicted octanol–water partition coefficient (Wildman–Crippen LogP) is 2.22. The smallest absolute Gasteiger partial charge is 0.315 e. The van der Waals surface area contributed by atoms with Gasteiger partial charge in [-0.2, -0.15) is 0 Å². The number of hydrogen-bond donors (Lipinski definition) is 3. The lowest BCUT2D eigenvalue weighted by molar-refractivity contribution is -0.131. The molecular formula is C23H28N4O3. The Bertz CT molecular complexity index is 860. The molecule has 158 valence electrons. The summed E-state index contributed by atoms with van der Waals surface area (Å²) in [6.45, 7) is 3.50. The molecule has 0 aromatic heterocycles. The molecule has 0 atom stereocenters. The zero-order valence-corrected chi connectivity index (χ0v) is 17.2. The van der Waals surface area contributed by atoms with Gasteiger partial charge in [-0.25, -0.2) is 4.79 Å². The van der Waals surface area contributed by atoms with Gasteiger partial charge in [0.25, 0.3) is 5.91 Å². The van der Waals surface area contributed by atoms with Gasteiger partial charge in [0.2, 0.25) is 5.91 Å². The van der Waals surface area contributed by atoms with E-state index in [1.54, 1.807) is 17.0 Å². The van der Waals surface area contributed by atoms with Gasteiger partial charge in [-0.15, -0.1) is 0 Å². The summed E-state index contributed by atoms with van der Waals surface area (Å²) in [6.07, 6.45) is 1.40. The number of benzene rings is 2. The molecule has 0 spiro atoms. The number of aryl methyl sites for hydroxylation is 1. The standard InChI is InChI=1S/C23H28N4O3/c1-17-7-9-18(10-8-17)15-24-23(30)25-16-21(28)27-13-11-20(12-14-27)26-22(29)19-5-3-2-4-6-19/h2-10,20H,11-16H2,1H3,(H,26,29)(H2,24,25,30). The first kappa shape index (κ1) is 21.4. The second kappa shape index (κ2) is 10.4. The summed E-state index contributed by atoms with van der Waals surface area (Å²) in [4.78, 5) is 38.3. The molecule has 1 aliphatic heterocycles. The van der Waals surface area contributed by atoms with Crippen molar-refractivity contribution in [3.05, 3.63) is 71.3 Å². The molecule has 2 aromatic rings. The zero-order chi connectivity index (χ0) is 21.3. The number of carbonyl (C=O) groups excluding carboxylic acids is 3. The lowest BCUT2D eigenvalue weighted by Crippen LogP contribution is -2.49. The van der Waals surface area contributed by atoms with Crippen LogP contribution >= 0.6 is 0 Å². The van der Waals surface area contributed by atoms with Crippen LogP contribution in [0.3, 0.4) is 0 Å². The Labute approximate surface area is 176 Å². The Kier molecular flexibility index (Phi) is 7.43. The van der Waals surface area contributed by atoms with Crippen LogP contribution in [0.1, 0.15) is 34.3 Å². The number of amides is 4. The van der Waals surface area contributed by atoms with E-state index in [0.717, 1.165) is 11.1 Å². The van der Waals surface area contributed by atoms with Crippen LogP contribution < -0.4 is 16.0 Å². The summed E-state index contributed by atoms with van der Waals surface area (Å²) in [7, 11) is 0. The van der Waals surface area contributed by atoms with Crippen LogP contribution in [0.15, 0.2) is 54.6 Å². The van der Waals surface area contributed by atoms with Crippen molar-refractivity contribution in [2.45, 2.75) is 32.4 Å². The molecule has 0 saturated carbocycles. The third-order valence-electron chi connectivity index (χ3n) is 5.19. The summed E-state index contributed by atoms with van der Waals surface area (Å²) < 4.78 is 0. The van der Waals surface area contributed by atoms with E-state index in [2.05, 4.69) is 16.0 Å². The highest BCUT2D eigenvalue weighted by Crippen LogP contribution is 2.11. The average molecular weight is 409 g/mol. The highest BCUT2D eigenvalue weighted by atomic mass is 16.2. The molecule has 1 aliphatic rings. The minimum atomic E-state index is -0.367. The van der Waals surface area contributed by atoms with Crippen molar-refractivity contribution in [1.82, 2.24) is 20.9 Å². The summed E-state index contributed by atoms with van der Waals surface area (Å²) in [6, 6.07) is 16.7. The van der Waals surface area contributed by atoms with Crippen molar-refractivity contribution in [3.63, 3.8) is 0 Å². The maximum atomic E-state index is 12.4. The topological polar surface area (TPSA) is 90.5 Å². The third-order valence-corrected chi connectivity index (χ3v) is 5.19. The second-order valence-corrected chi connectivity index (χ2v) is 7.52. The van der Waals surface area contributed by atoms with Crippen LogP contribution in [0.25, 0.3) is 0 Å². The molecule has 30 heavy (non-hydrogen) atoms. The normalized spacial score (nSPS) is 14.1. The first-order chi connectivity index (χ1) is 14.5. The molecule has 1 saturated heterocycles. The summed E-state index contributed by atoms with van der Waals surface area (Å²) >= 11 is 0. The fourth-order valence-electron chi connectivity index (χ4n) is 3.35. The van der Waals surface area contributed by atoms with E-state index >= 15 is 0 Å². The Morgan fingerprint density at radius 2 is 1.60 bits per heavy atom. The number of likely N-dealkylation sites (tertiary alicyclic amines) is 1. The Morgan fingerprint density at radius 3 is 2.27 bits per heavy atom. The highest BCUT2D eigenvalue weighted by Gasteiger charge is 2.24. The Morgan fingerprint density at radius 1 is 0.933 bits per heavy atom. The fraction of sp³-hybridized carbons (Fsp3) is 0.348. The summed E-state index contributed by atoms with van der Waals surface area (Å²) in [5, 5.41) is 8.39. The predicted molar refractivity (Wildman–Crippen MR) is 115 cm³/mol. The lowest BCUT2D eigenvalue weighted by Gasteiger charge is -2.32. The number of nitrogens with zero attached hydrogens (tertiary/aromatic N) is 1. The van der Waals surface area contributed by atoms with Crippen molar-refractivity contribution in [1.29, 1.82) is 0 Å². The van der Waals surface area contributed by atoms with Gasteiger partial charge in [0.15, 0.2) is 0 Å². The van der Waals surface area contributed by atoms with Gasteiger partial charge in [-0.3, -0.25) is 9.59 Å². The highest BCUT2D eigenvalue weighted by molar-refractivity contribution is 5.94. The van der Waals surface area contributed by atoms with Crippen LogP contribution in [0, 0.1) is 6.92 Å². The number of carbonyl (C=O) groups is 3. The van der Waals surface area contributed by atoms with Crippen molar-refractivity contribution in [2.24, 2.45) is 0 Å². The van der Waals surface area contributed by atoms with Gasteiger partial charge in [-0.1, -0.05) is 48.0 Å². The van der Waals surface area contributed by atoms with Gasteiger partial charge in [0.05, 0.1) is 6.54 Å². The Hall–Kier alpha value is -3.35. The van der Waals surface area contributed by atoms with E-state index in [4.69, 9.17) is 0 Å². The van der Waals surface area contributed by atoms with Crippen LogP contribution in [0.2, 0.25) is 0 Å². The monoisotopic (exact) mass is 408 g/mol. The summed E-state index contributed by atoms with van der Waals surface area (Å²) in [5.74, 6) is -0.208. The second-order valence-electron chi connectivity index (χ2n) is 7.52. The number of nitrogens with one attached hydrogen (secondary N) is 3. The average Bonchev–Trinajstić information content (AvgIpc) is 2.78. The molecular weight excluding hydrogens is 380 g/mol. The molecule has 7 nitrogen and oxygen atoms in total. The van der Waals surface area contributed by atoms with Gasteiger partial charge in [-0.05, 0) is 37.5 Å². The SMILES string of the molecule is Cc1ccc(CNC(=O)NCC(=O)N2CCC(NC(=O)c3ccccc3)CC2)cc1. The molecule has 1 heterocycles. The van der Waals surface area contributed by atoms with E-state index in [-0.39, 0.29) is 30.4 Å². The summed E-state index contributed by atoms with van der Waals surface area (Å²) in [5.41, 5.74) is 2.80. The van der Waals surface area contributed by atoms with Crippen LogP contribution in [0.4, 0.5) is 4.79 Å². The molecule has 2 aromatic carbocycles. The quantitative estimate of drug-likeness (QED) is 0.685. The largest absolute Gasteiger partial charge is 0.349 e. The molecule has 3 N–H and O–H groups in total. The fourth-order valence-corrected chi connectivity index (χ4v) is 3.35. The van der Waals surface area contributed by atoms with Crippen molar-refractivity contribution < 1.29 is 14.4 Å².